The molecule has 0 aliphatic heterocycles. The van der Waals surface area contributed by atoms with E-state index in [-0.39, 0.29) is 10.6 Å². The van der Waals surface area contributed by atoms with Crippen molar-refractivity contribution in [1.82, 2.24) is 0 Å². The van der Waals surface area contributed by atoms with Crippen molar-refractivity contribution in [3.8, 4) is 5.75 Å². The minimum absolute atomic E-state index is 0.150. The monoisotopic (exact) mass is 305 g/mol. The number of halogens is 1. The second-order valence-corrected chi connectivity index (χ2v) is 4.74. The van der Waals surface area contributed by atoms with E-state index in [1.54, 1.807) is 0 Å². The quantitative estimate of drug-likeness (QED) is 0.512. The maximum atomic E-state index is 10.8. The fourth-order valence-corrected chi connectivity index (χ4v) is 1.93. The SMILES string of the molecule is Cc1ccccc1N/N=C/c1cc(Cl)cc([N+](=O)[O-])c1O. The van der Waals surface area contributed by atoms with Crippen LogP contribution < -0.4 is 5.43 Å². The maximum absolute atomic E-state index is 10.8. The Morgan fingerprint density at radius 2 is 2.10 bits per heavy atom. The van der Waals surface area contributed by atoms with Gasteiger partial charge in [-0.05, 0) is 24.6 Å². The van der Waals surface area contributed by atoms with Crippen LogP contribution in [0.15, 0.2) is 41.5 Å². The van der Waals surface area contributed by atoms with Crippen molar-refractivity contribution in [2.45, 2.75) is 6.92 Å². The maximum Gasteiger partial charge on any atom is 0.312 e. The molecule has 6 nitrogen and oxygen atoms in total. The van der Waals surface area contributed by atoms with Crippen molar-refractivity contribution in [3.05, 3.63) is 62.7 Å². The molecule has 0 atom stereocenters. The summed E-state index contributed by atoms with van der Waals surface area (Å²) < 4.78 is 0. The standard InChI is InChI=1S/C14H12ClN3O3/c1-9-4-2-3-5-12(9)17-16-8-10-6-11(15)7-13(14(10)19)18(20)21/h2-8,17,19H,1H3/b16-8+. The van der Waals surface area contributed by atoms with Crippen molar-refractivity contribution >= 4 is 29.2 Å². The summed E-state index contributed by atoms with van der Waals surface area (Å²) in [5.41, 5.74) is 4.30. The largest absolute Gasteiger partial charge is 0.502 e. The third-order valence-corrected chi connectivity index (χ3v) is 3.03. The Balaban J connectivity index is 2.26. The van der Waals surface area contributed by atoms with Crippen LogP contribution >= 0.6 is 11.6 Å². The van der Waals surface area contributed by atoms with Gasteiger partial charge in [-0.2, -0.15) is 5.10 Å². The number of para-hydroxylation sites is 1. The van der Waals surface area contributed by atoms with Gasteiger partial charge in [0, 0.05) is 16.7 Å². The van der Waals surface area contributed by atoms with Crippen molar-refractivity contribution < 1.29 is 10.0 Å². The molecular weight excluding hydrogens is 294 g/mol. The van der Waals surface area contributed by atoms with Gasteiger partial charge in [0.25, 0.3) is 0 Å². The number of hydrogen-bond donors (Lipinski definition) is 2. The molecule has 2 aromatic rings. The highest BCUT2D eigenvalue weighted by Gasteiger charge is 2.17. The molecule has 0 aliphatic carbocycles. The van der Waals surface area contributed by atoms with Crippen LogP contribution in [0.5, 0.6) is 5.75 Å². The minimum atomic E-state index is -0.701. The van der Waals surface area contributed by atoms with Crippen LogP contribution in [0.2, 0.25) is 5.02 Å². The van der Waals surface area contributed by atoms with Crippen molar-refractivity contribution in [3.63, 3.8) is 0 Å². The van der Waals surface area contributed by atoms with Gasteiger partial charge in [-0.1, -0.05) is 29.8 Å². The molecule has 0 unspecified atom stereocenters. The molecule has 2 aromatic carbocycles. The number of hydrogen-bond acceptors (Lipinski definition) is 5. The van der Waals surface area contributed by atoms with E-state index in [2.05, 4.69) is 10.5 Å². The highest BCUT2D eigenvalue weighted by atomic mass is 35.5. The number of rotatable bonds is 4. The highest BCUT2D eigenvalue weighted by molar-refractivity contribution is 6.31. The van der Waals surface area contributed by atoms with Crippen LogP contribution in [0.1, 0.15) is 11.1 Å². The molecule has 0 bridgehead atoms. The van der Waals surface area contributed by atoms with Crippen LogP contribution in [0.4, 0.5) is 11.4 Å². The molecule has 2 rings (SSSR count). The van der Waals surface area contributed by atoms with E-state index in [9.17, 15) is 15.2 Å². The number of aryl methyl sites for hydroxylation is 1. The van der Waals surface area contributed by atoms with Gasteiger partial charge in [0.05, 0.1) is 16.8 Å². The number of nitro benzene ring substituents is 1. The predicted molar refractivity (Wildman–Crippen MR) is 82.2 cm³/mol. The fourth-order valence-electron chi connectivity index (χ4n) is 1.71. The molecule has 0 spiro atoms. The Morgan fingerprint density at radius 3 is 2.76 bits per heavy atom. The molecule has 7 heteroatoms. The molecular formula is C14H12ClN3O3. The summed E-state index contributed by atoms with van der Waals surface area (Å²) in [5.74, 6) is -0.472. The lowest BCUT2D eigenvalue weighted by atomic mass is 10.2. The Labute approximate surface area is 125 Å². The topological polar surface area (TPSA) is 87.8 Å². The smallest absolute Gasteiger partial charge is 0.312 e. The number of nitrogens with one attached hydrogen (secondary N) is 1. The van der Waals surface area contributed by atoms with Crippen molar-refractivity contribution in [2.24, 2.45) is 5.10 Å². The molecule has 108 valence electrons. The first kappa shape index (κ1) is 14.8. The lowest BCUT2D eigenvalue weighted by Crippen LogP contribution is -1.95. The Hall–Kier alpha value is -2.60. The van der Waals surface area contributed by atoms with Crippen molar-refractivity contribution in [2.75, 3.05) is 5.43 Å². The Morgan fingerprint density at radius 1 is 1.38 bits per heavy atom. The number of phenolic OH excluding ortho intramolecular Hbond substituents is 1. The molecule has 0 saturated heterocycles. The van der Waals surface area contributed by atoms with Crippen LogP contribution in [0.25, 0.3) is 0 Å². The zero-order valence-corrected chi connectivity index (χ0v) is 11.8. The third kappa shape index (κ3) is 3.49. The van der Waals surface area contributed by atoms with E-state index in [0.29, 0.717) is 0 Å². The second kappa shape index (κ2) is 6.23. The van der Waals surface area contributed by atoms with Crippen LogP contribution in [-0.4, -0.2) is 16.2 Å². The molecule has 0 fully saturated rings. The van der Waals surface area contributed by atoms with Crippen LogP contribution in [0, 0.1) is 17.0 Å². The molecule has 0 aromatic heterocycles. The van der Waals surface area contributed by atoms with E-state index in [1.165, 1.54) is 12.3 Å². The Kier molecular flexibility index (Phi) is 4.39. The third-order valence-electron chi connectivity index (χ3n) is 2.81. The summed E-state index contributed by atoms with van der Waals surface area (Å²) in [7, 11) is 0. The van der Waals surface area contributed by atoms with E-state index >= 15 is 0 Å². The summed E-state index contributed by atoms with van der Waals surface area (Å²) in [5, 5.41) is 24.7. The summed E-state index contributed by atoms with van der Waals surface area (Å²) >= 11 is 5.79. The first-order valence-electron chi connectivity index (χ1n) is 6.00. The number of phenols is 1. The van der Waals surface area contributed by atoms with Gasteiger partial charge in [-0.15, -0.1) is 0 Å². The minimum Gasteiger partial charge on any atom is -0.502 e. The van der Waals surface area contributed by atoms with Gasteiger partial charge < -0.3 is 5.11 Å². The summed E-state index contributed by atoms with van der Waals surface area (Å²) in [6.45, 7) is 1.92. The van der Waals surface area contributed by atoms with Gasteiger partial charge >= 0.3 is 5.69 Å². The summed E-state index contributed by atoms with van der Waals surface area (Å²) in [6.07, 6.45) is 1.28. The zero-order chi connectivity index (χ0) is 15.4. The van der Waals surface area contributed by atoms with Crippen LogP contribution in [-0.2, 0) is 0 Å². The summed E-state index contributed by atoms with van der Waals surface area (Å²) in [6, 6.07) is 9.99. The molecule has 2 N–H and O–H groups in total. The van der Waals surface area contributed by atoms with Crippen LogP contribution in [0.3, 0.4) is 0 Å². The summed E-state index contributed by atoms with van der Waals surface area (Å²) in [4.78, 5) is 10.1. The average molecular weight is 306 g/mol. The highest BCUT2D eigenvalue weighted by Crippen LogP contribution is 2.32. The van der Waals surface area contributed by atoms with Gasteiger partial charge in [0.2, 0.25) is 5.75 Å². The lowest BCUT2D eigenvalue weighted by Gasteiger charge is -2.04. The first-order chi connectivity index (χ1) is 9.99. The number of benzene rings is 2. The van der Waals surface area contributed by atoms with E-state index < -0.39 is 16.4 Å². The normalized spacial score (nSPS) is 10.8. The Bertz CT molecular complexity index is 717. The molecule has 21 heavy (non-hydrogen) atoms. The predicted octanol–water partition coefficient (Wildman–Crippen LogP) is 3.71. The number of nitrogens with zero attached hydrogens (tertiary/aromatic N) is 2. The van der Waals surface area contributed by atoms with E-state index in [4.69, 9.17) is 11.6 Å². The van der Waals surface area contributed by atoms with Gasteiger partial charge in [0.1, 0.15) is 0 Å². The number of aromatic hydroxyl groups is 1. The van der Waals surface area contributed by atoms with E-state index in [0.717, 1.165) is 17.3 Å². The number of anilines is 1. The number of hydrazone groups is 1. The zero-order valence-electron chi connectivity index (χ0n) is 11.1. The van der Waals surface area contributed by atoms with Gasteiger partial charge in [-0.3, -0.25) is 15.5 Å². The fraction of sp³-hybridized carbons (Fsp3) is 0.0714. The average Bonchev–Trinajstić information content (AvgIpc) is 2.44. The molecule has 0 aliphatic rings. The lowest BCUT2D eigenvalue weighted by molar-refractivity contribution is -0.385. The van der Waals surface area contributed by atoms with Gasteiger partial charge in [-0.25, -0.2) is 0 Å². The molecule has 0 amide bonds. The second-order valence-electron chi connectivity index (χ2n) is 4.30. The number of nitro groups is 1. The first-order valence-corrected chi connectivity index (χ1v) is 6.38. The van der Waals surface area contributed by atoms with Gasteiger partial charge in [0.15, 0.2) is 0 Å². The molecule has 0 radical (unpaired) electrons. The molecule has 0 heterocycles. The molecule has 0 saturated carbocycles. The van der Waals surface area contributed by atoms with Crippen molar-refractivity contribution in [1.29, 1.82) is 0 Å². The van der Waals surface area contributed by atoms with E-state index in [1.807, 2.05) is 31.2 Å².